The van der Waals surface area contributed by atoms with Gasteiger partial charge in [0.1, 0.15) is 0 Å². The molecule has 0 radical (unpaired) electrons. The van der Waals surface area contributed by atoms with Crippen molar-refractivity contribution < 1.29 is 0 Å². The summed E-state index contributed by atoms with van der Waals surface area (Å²) in [6.07, 6.45) is 6.57. The summed E-state index contributed by atoms with van der Waals surface area (Å²) in [6.45, 7) is 2.25. The number of rotatable bonds is 5. The molecule has 13 heavy (non-hydrogen) atoms. The van der Waals surface area contributed by atoms with E-state index >= 15 is 0 Å². The molecule has 0 bridgehead atoms. The normalized spacial score (nSPS) is 10.3. The van der Waals surface area contributed by atoms with E-state index in [4.69, 9.17) is 0 Å². The third-order valence-electron chi connectivity index (χ3n) is 2.26. The maximum Gasteiger partial charge on any atom is 0.0207 e. The topological polar surface area (TPSA) is 0 Å². The molecule has 0 aliphatic heterocycles. The number of unbranched alkanes of at least 4 members (excludes halogenated alkanes) is 3. The fourth-order valence-corrected chi connectivity index (χ4v) is 1.93. The molecule has 0 saturated heterocycles. The summed E-state index contributed by atoms with van der Waals surface area (Å²) >= 11 is 3.57. The SMILES string of the molecule is CCCCCCc1ccccc1Br. The molecule has 0 nitrogen and oxygen atoms in total. The minimum Gasteiger partial charge on any atom is -0.0654 e. The number of aryl methyl sites for hydroxylation is 1. The van der Waals surface area contributed by atoms with Crippen LogP contribution in [-0.2, 0) is 6.42 Å². The van der Waals surface area contributed by atoms with Crippen molar-refractivity contribution in [2.24, 2.45) is 0 Å². The van der Waals surface area contributed by atoms with Gasteiger partial charge in [0, 0.05) is 4.47 Å². The zero-order valence-electron chi connectivity index (χ0n) is 8.22. The summed E-state index contributed by atoms with van der Waals surface area (Å²) in [5, 5.41) is 0. The first-order valence-corrected chi connectivity index (χ1v) is 5.87. The Hall–Kier alpha value is -0.300. The van der Waals surface area contributed by atoms with Crippen LogP contribution in [0.5, 0.6) is 0 Å². The first kappa shape index (κ1) is 10.8. The van der Waals surface area contributed by atoms with Crippen LogP contribution in [0.25, 0.3) is 0 Å². The van der Waals surface area contributed by atoms with E-state index in [1.807, 2.05) is 0 Å². The highest BCUT2D eigenvalue weighted by Gasteiger charge is 1.97. The van der Waals surface area contributed by atoms with Crippen LogP contribution in [0.2, 0.25) is 0 Å². The minimum atomic E-state index is 1.21. The number of benzene rings is 1. The average molecular weight is 241 g/mol. The lowest BCUT2D eigenvalue weighted by atomic mass is 10.1. The summed E-state index contributed by atoms with van der Waals surface area (Å²) in [4.78, 5) is 0. The zero-order chi connectivity index (χ0) is 9.52. The molecule has 0 heterocycles. The average Bonchev–Trinajstić information content (AvgIpc) is 2.15. The third-order valence-corrected chi connectivity index (χ3v) is 3.03. The van der Waals surface area contributed by atoms with Crippen molar-refractivity contribution in [2.45, 2.75) is 39.0 Å². The summed E-state index contributed by atoms with van der Waals surface area (Å²) < 4.78 is 1.26. The monoisotopic (exact) mass is 240 g/mol. The molecule has 0 spiro atoms. The second-order valence-electron chi connectivity index (χ2n) is 3.40. The molecule has 0 saturated carbocycles. The van der Waals surface area contributed by atoms with Crippen molar-refractivity contribution in [3.05, 3.63) is 34.3 Å². The van der Waals surface area contributed by atoms with Crippen molar-refractivity contribution in [1.29, 1.82) is 0 Å². The fraction of sp³-hybridized carbons (Fsp3) is 0.500. The second kappa shape index (κ2) is 6.20. The van der Waals surface area contributed by atoms with Crippen LogP contribution < -0.4 is 0 Å². The molecule has 0 amide bonds. The van der Waals surface area contributed by atoms with Gasteiger partial charge < -0.3 is 0 Å². The summed E-state index contributed by atoms with van der Waals surface area (Å²) in [6, 6.07) is 8.50. The molecule has 0 atom stereocenters. The van der Waals surface area contributed by atoms with Crippen LogP contribution in [0, 0.1) is 0 Å². The second-order valence-corrected chi connectivity index (χ2v) is 4.26. The van der Waals surface area contributed by atoms with E-state index in [0.717, 1.165) is 0 Å². The van der Waals surface area contributed by atoms with E-state index in [1.165, 1.54) is 42.1 Å². The van der Waals surface area contributed by atoms with Gasteiger partial charge in [0.2, 0.25) is 0 Å². The molecule has 0 aromatic heterocycles. The molecule has 0 fully saturated rings. The maximum absolute atomic E-state index is 3.57. The Kier molecular flexibility index (Phi) is 5.14. The summed E-state index contributed by atoms with van der Waals surface area (Å²) in [5.41, 5.74) is 1.44. The Morgan fingerprint density at radius 2 is 1.85 bits per heavy atom. The van der Waals surface area contributed by atoms with Crippen LogP contribution in [-0.4, -0.2) is 0 Å². The summed E-state index contributed by atoms with van der Waals surface area (Å²) in [5.74, 6) is 0. The van der Waals surface area contributed by atoms with Gasteiger partial charge in [0.05, 0.1) is 0 Å². The number of hydrogen-bond acceptors (Lipinski definition) is 0. The van der Waals surface area contributed by atoms with Crippen molar-refractivity contribution in [3.8, 4) is 0 Å². The molecule has 1 aromatic rings. The van der Waals surface area contributed by atoms with Gasteiger partial charge in [0.15, 0.2) is 0 Å². The lowest BCUT2D eigenvalue weighted by Gasteiger charge is -2.03. The molecule has 1 aromatic carbocycles. The summed E-state index contributed by atoms with van der Waals surface area (Å²) in [7, 11) is 0. The Morgan fingerprint density at radius 1 is 1.08 bits per heavy atom. The largest absolute Gasteiger partial charge is 0.0654 e. The van der Waals surface area contributed by atoms with E-state index in [1.54, 1.807) is 0 Å². The Balaban J connectivity index is 2.32. The first-order chi connectivity index (χ1) is 6.34. The molecule has 0 N–H and O–H groups in total. The van der Waals surface area contributed by atoms with Gasteiger partial charge in [-0.05, 0) is 24.5 Å². The smallest absolute Gasteiger partial charge is 0.0207 e. The maximum atomic E-state index is 3.57. The predicted molar refractivity (Wildman–Crippen MR) is 62.0 cm³/mol. The third kappa shape index (κ3) is 3.95. The van der Waals surface area contributed by atoms with Gasteiger partial charge >= 0.3 is 0 Å². The van der Waals surface area contributed by atoms with Crippen LogP contribution >= 0.6 is 15.9 Å². The van der Waals surface area contributed by atoms with Gasteiger partial charge in [0.25, 0.3) is 0 Å². The van der Waals surface area contributed by atoms with E-state index < -0.39 is 0 Å². The molecule has 0 aliphatic carbocycles. The quantitative estimate of drug-likeness (QED) is 0.662. The van der Waals surface area contributed by atoms with E-state index in [0.29, 0.717) is 0 Å². The molecule has 1 heteroatoms. The highest BCUT2D eigenvalue weighted by Crippen LogP contribution is 2.18. The number of hydrogen-bond donors (Lipinski definition) is 0. The Morgan fingerprint density at radius 3 is 2.54 bits per heavy atom. The van der Waals surface area contributed by atoms with Crippen LogP contribution in [0.15, 0.2) is 28.7 Å². The van der Waals surface area contributed by atoms with E-state index in [2.05, 4.69) is 47.1 Å². The van der Waals surface area contributed by atoms with Gasteiger partial charge in [-0.1, -0.05) is 60.3 Å². The van der Waals surface area contributed by atoms with Gasteiger partial charge in [-0.15, -0.1) is 0 Å². The zero-order valence-corrected chi connectivity index (χ0v) is 9.81. The van der Waals surface area contributed by atoms with Gasteiger partial charge in [-0.3, -0.25) is 0 Å². The lowest BCUT2D eigenvalue weighted by Crippen LogP contribution is -1.86. The van der Waals surface area contributed by atoms with Gasteiger partial charge in [-0.2, -0.15) is 0 Å². The predicted octanol–water partition coefficient (Wildman–Crippen LogP) is 4.57. The van der Waals surface area contributed by atoms with Crippen molar-refractivity contribution in [2.75, 3.05) is 0 Å². The van der Waals surface area contributed by atoms with Crippen LogP contribution in [0.1, 0.15) is 38.2 Å². The highest BCUT2D eigenvalue weighted by atomic mass is 79.9. The first-order valence-electron chi connectivity index (χ1n) is 5.08. The van der Waals surface area contributed by atoms with Crippen LogP contribution in [0.3, 0.4) is 0 Å². The molecule has 0 unspecified atom stereocenters. The van der Waals surface area contributed by atoms with E-state index in [-0.39, 0.29) is 0 Å². The Bertz CT molecular complexity index is 243. The molecular formula is C12H17Br. The lowest BCUT2D eigenvalue weighted by molar-refractivity contribution is 0.666. The van der Waals surface area contributed by atoms with Crippen molar-refractivity contribution in [1.82, 2.24) is 0 Å². The van der Waals surface area contributed by atoms with Crippen molar-refractivity contribution >= 4 is 15.9 Å². The van der Waals surface area contributed by atoms with Gasteiger partial charge in [-0.25, -0.2) is 0 Å². The Labute approximate surface area is 89.5 Å². The van der Waals surface area contributed by atoms with Crippen LogP contribution in [0.4, 0.5) is 0 Å². The molecular weight excluding hydrogens is 224 g/mol. The number of halogens is 1. The van der Waals surface area contributed by atoms with Crippen molar-refractivity contribution in [3.63, 3.8) is 0 Å². The molecule has 72 valence electrons. The fourth-order valence-electron chi connectivity index (χ4n) is 1.44. The van der Waals surface area contributed by atoms with E-state index in [9.17, 15) is 0 Å². The minimum absolute atomic E-state index is 1.21. The highest BCUT2D eigenvalue weighted by molar-refractivity contribution is 9.10. The standard InChI is InChI=1S/C12H17Br/c1-2-3-4-5-8-11-9-6-7-10-12(11)13/h6-7,9-10H,2-5,8H2,1H3. The molecule has 0 aliphatic rings. The molecule has 1 rings (SSSR count).